The Bertz CT molecular complexity index is 969. The Kier molecular flexibility index (Phi) is 3.31. The fourth-order valence-corrected chi connectivity index (χ4v) is 3.01. The number of methoxy groups -OCH3 is 2. The van der Waals surface area contributed by atoms with Crippen LogP contribution in [0.4, 0.5) is 19.4 Å². The standard InChI is InChI=1S/C15H12F5NO3S/c1-22-13-6-3-9(7-14(13)23-2)15-11-8-10(25(16,17,18,19)20)4-5-12(11)21-24-15/h3-8H,1-2H3. The summed E-state index contributed by atoms with van der Waals surface area (Å²) >= 11 is 0. The van der Waals surface area contributed by atoms with Gasteiger partial charge in [0.25, 0.3) is 0 Å². The minimum atomic E-state index is -9.81. The second-order valence-electron chi connectivity index (χ2n) is 5.23. The molecule has 0 unspecified atom stereocenters. The van der Waals surface area contributed by atoms with Crippen LogP contribution in [0.15, 0.2) is 45.8 Å². The number of hydrogen-bond donors (Lipinski definition) is 0. The predicted octanol–water partition coefficient (Wildman–Crippen LogP) is 6.17. The molecule has 0 N–H and O–H groups in total. The van der Waals surface area contributed by atoms with Crippen LogP contribution in [0.25, 0.3) is 22.2 Å². The van der Waals surface area contributed by atoms with Crippen LogP contribution in [-0.2, 0) is 0 Å². The zero-order valence-corrected chi connectivity index (χ0v) is 13.8. The van der Waals surface area contributed by atoms with Crippen molar-refractivity contribution in [2.24, 2.45) is 0 Å². The van der Waals surface area contributed by atoms with Crippen molar-refractivity contribution in [1.82, 2.24) is 5.16 Å². The smallest absolute Gasteiger partial charge is 0.310 e. The van der Waals surface area contributed by atoms with Crippen molar-refractivity contribution in [1.29, 1.82) is 0 Å². The van der Waals surface area contributed by atoms with Gasteiger partial charge in [-0.2, -0.15) is 0 Å². The minimum absolute atomic E-state index is 0.0235. The molecule has 136 valence electrons. The number of ether oxygens (including phenoxy) is 2. The second-order valence-corrected chi connectivity index (χ2v) is 7.64. The fourth-order valence-electron chi connectivity index (χ4n) is 2.35. The van der Waals surface area contributed by atoms with Gasteiger partial charge in [0.1, 0.15) is 10.4 Å². The quantitative estimate of drug-likeness (QED) is 0.507. The first-order valence-electron chi connectivity index (χ1n) is 6.79. The van der Waals surface area contributed by atoms with Crippen LogP contribution in [0, 0.1) is 0 Å². The molecule has 0 aliphatic heterocycles. The van der Waals surface area contributed by atoms with Crippen LogP contribution < -0.4 is 9.47 Å². The minimum Gasteiger partial charge on any atom is -0.493 e. The molecule has 0 atom stereocenters. The molecule has 25 heavy (non-hydrogen) atoms. The van der Waals surface area contributed by atoms with Gasteiger partial charge in [0.15, 0.2) is 17.3 Å². The number of aromatic nitrogens is 1. The first-order chi connectivity index (χ1) is 11.4. The van der Waals surface area contributed by atoms with Gasteiger partial charge in [-0.15, -0.1) is 0 Å². The van der Waals surface area contributed by atoms with Crippen molar-refractivity contribution < 1.29 is 33.4 Å². The molecule has 0 aliphatic carbocycles. The number of nitrogens with zero attached hydrogens (tertiary/aromatic N) is 1. The summed E-state index contributed by atoms with van der Waals surface area (Å²) < 4.78 is 80.5. The summed E-state index contributed by atoms with van der Waals surface area (Å²) in [4.78, 5) is -2.00. The molecule has 3 aromatic rings. The first-order valence-corrected chi connectivity index (χ1v) is 8.74. The van der Waals surface area contributed by atoms with Gasteiger partial charge < -0.3 is 14.0 Å². The van der Waals surface area contributed by atoms with Crippen LogP contribution in [0.2, 0.25) is 0 Å². The molecule has 2 aromatic carbocycles. The Morgan fingerprint density at radius 1 is 0.880 bits per heavy atom. The summed E-state index contributed by atoms with van der Waals surface area (Å²) in [5.74, 6) is 0.607. The van der Waals surface area contributed by atoms with E-state index in [0.717, 1.165) is 6.07 Å². The van der Waals surface area contributed by atoms with Crippen molar-refractivity contribution in [3.63, 3.8) is 0 Å². The van der Waals surface area contributed by atoms with E-state index >= 15 is 0 Å². The number of rotatable bonds is 4. The molecule has 0 saturated heterocycles. The molecule has 0 spiro atoms. The molecule has 0 saturated carbocycles. The van der Waals surface area contributed by atoms with Gasteiger partial charge in [-0.25, -0.2) is 0 Å². The molecular weight excluding hydrogens is 369 g/mol. The van der Waals surface area contributed by atoms with E-state index in [0.29, 0.717) is 29.2 Å². The Morgan fingerprint density at radius 3 is 2.16 bits per heavy atom. The Hall–Kier alpha value is -2.49. The number of halogens is 5. The number of hydrogen-bond acceptors (Lipinski definition) is 4. The number of benzene rings is 2. The summed E-state index contributed by atoms with van der Waals surface area (Å²) in [6, 6.07) is 5.94. The molecule has 1 heterocycles. The van der Waals surface area contributed by atoms with Crippen LogP contribution in [0.1, 0.15) is 0 Å². The molecule has 1 aromatic heterocycles. The highest BCUT2D eigenvalue weighted by atomic mass is 32.5. The highest BCUT2D eigenvalue weighted by Crippen LogP contribution is 3.02. The Balaban J connectivity index is 2.22. The third kappa shape index (κ3) is 3.21. The van der Waals surface area contributed by atoms with Crippen LogP contribution >= 0.6 is 10.2 Å². The maximum atomic E-state index is 13.0. The maximum Gasteiger partial charge on any atom is 0.310 e. The normalized spacial score (nSPS) is 14.8. The molecular formula is C15H12F5NO3S. The molecule has 3 rings (SSSR count). The van der Waals surface area contributed by atoms with Crippen LogP contribution in [0.5, 0.6) is 11.5 Å². The average Bonchev–Trinajstić information content (AvgIpc) is 2.95. The van der Waals surface area contributed by atoms with Gasteiger partial charge in [0.2, 0.25) is 0 Å². The SMILES string of the molecule is COc1ccc(-c2onc3ccc(S(F)(F)(F)(F)F)cc23)cc1OC. The van der Waals surface area contributed by atoms with Gasteiger partial charge in [-0.05, 0) is 36.4 Å². The van der Waals surface area contributed by atoms with E-state index in [9.17, 15) is 19.4 Å². The van der Waals surface area contributed by atoms with E-state index in [1.54, 1.807) is 0 Å². The third-order valence-electron chi connectivity index (χ3n) is 3.54. The summed E-state index contributed by atoms with van der Waals surface area (Å²) in [5, 5.41) is 3.43. The first kappa shape index (κ1) is 17.3. The van der Waals surface area contributed by atoms with Crippen molar-refractivity contribution in [3.8, 4) is 22.8 Å². The largest absolute Gasteiger partial charge is 0.493 e. The lowest BCUT2D eigenvalue weighted by atomic mass is 10.1. The lowest BCUT2D eigenvalue weighted by molar-refractivity contribution is 0.355. The van der Waals surface area contributed by atoms with Crippen molar-refractivity contribution in [3.05, 3.63) is 36.4 Å². The molecule has 0 amide bonds. The fraction of sp³-hybridized carbons (Fsp3) is 0.133. The van der Waals surface area contributed by atoms with Crippen molar-refractivity contribution >= 4 is 21.1 Å². The highest BCUT2D eigenvalue weighted by molar-refractivity contribution is 8.45. The van der Waals surface area contributed by atoms with Crippen LogP contribution in [-0.4, -0.2) is 19.4 Å². The van der Waals surface area contributed by atoms with E-state index in [1.807, 2.05) is 0 Å². The average molecular weight is 381 g/mol. The molecule has 0 radical (unpaired) electrons. The lowest BCUT2D eigenvalue weighted by Gasteiger charge is -2.40. The lowest BCUT2D eigenvalue weighted by Crippen LogP contribution is -2.05. The topological polar surface area (TPSA) is 44.5 Å². The summed E-state index contributed by atoms with van der Waals surface area (Å²) in [6.07, 6.45) is 0. The number of fused-ring (bicyclic) bond motifs is 1. The molecule has 10 heteroatoms. The zero-order valence-electron chi connectivity index (χ0n) is 12.9. The van der Waals surface area contributed by atoms with E-state index in [4.69, 9.17) is 14.0 Å². The van der Waals surface area contributed by atoms with Gasteiger partial charge in [0, 0.05) is 5.56 Å². The zero-order chi connectivity index (χ0) is 18.5. The van der Waals surface area contributed by atoms with Gasteiger partial charge in [-0.1, -0.05) is 24.6 Å². The highest BCUT2D eigenvalue weighted by Gasteiger charge is 2.65. The molecule has 0 bridgehead atoms. The van der Waals surface area contributed by atoms with E-state index in [2.05, 4.69) is 5.16 Å². The molecule has 4 nitrogen and oxygen atoms in total. The van der Waals surface area contributed by atoms with Gasteiger partial charge in [-0.3, -0.25) is 0 Å². The Labute approximate surface area is 138 Å². The summed E-state index contributed by atoms with van der Waals surface area (Å²) in [7, 11) is -7.01. The monoisotopic (exact) mass is 381 g/mol. The van der Waals surface area contributed by atoms with Gasteiger partial charge in [0.05, 0.1) is 19.6 Å². The third-order valence-corrected chi connectivity index (χ3v) is 4.68. The van der Waals surface area contributed by atoms with Crippen molar-refractivity contribution in [2.75, 3.05) is 14.2 Å². The van der Waals surface area contributed by atoms with Crippen molar-refractivity contribution in [2.45, 2.75) is 4.90 Å². The van der Waals surface area contributed by atoms with E-state index in [-0.39, 0.29) is 16.7 Å². The Morgan fingerprint density at radius 2 is 1.56 bits per heavy atom. The van der Waals surface area contributed by atoms with E-state index in [1.165, 1.54) is 32.4 Å². The predicted molar refractivity (Wildman–Crippen MR) is 83.9 cm³/mol. The van der Waals surface area contributed by atoms with Crippen LogP contribution in [0.3, 0.4) is 0 Å². The summed E-state index contributed by atoms with van der Waals surface area (Å²) in [5.41, 5.74) is 0.329. The second kappa shape index (κ2) is 4.78. The van der Waals surface area contributed by atoms with E-state index < -0.39 is 15.1 Å². The van der Waals surface area contributed by atoms with Gasteiger partial charge >= 0.3 is 10.2 Å². The molecule has 0 fully saturated rings. The molecule has 0 aliphatic rings. The maximum absolute atomic E-state index is 13.0. The summed E-state index contributed by atoms with van der Waals surface area (Å²) in [6.45, 7) is 0.